The van der Waals surface area contributed by atoms with Gasteiger partial charge in [0.25, 0.3) is 0 Å². The van der Waals surface area contributed by atoms with E-state index >= 15 is 0 Å². The second-order valence-electron chi connectivity index (χ2n) is 3.45. The number of hydrogen-bond acceptors (Lipinski definition) is 0. The monoisotopic (exact) mass is 254 g/mol. The Morgan fingerprint density at radius 2 is 1.33 bits per heavy atom. The van der Waals surface area contributed by atoms with E-state index in [-0.39, 0.29) is 17.0 Å². The van der Waals surface area contributed by atoms with Gasteiger partial charge in [0, 0.05) is 0 Å². The largest absolute Gasteiger partial charge is 0.131 e. The molecule has 0 saturated heterocycles. The zero-order chi connectivity index (χ0) is 8.91. The molecule has 0 aliphatic heterocycles. The molecular weight excluding hydrogens is 231 g/mol. The van der Waals surface area contributed by atoms with Crippen LogP contribution in [-0.4, -0.2) is 5.16 Å². The molecule has 0 spiro atoms. The van der Waals surface area contributed by atoms with Gasteiger partial charge in [-0.05, 0) is 23.9 Å². The third-order valence-electron chi connectivity index (χ3n) is 3.12. The molecule has 0 aromatic heterocycles. The normalized spacial score (nSPS) is 11.5. The van der Waals surface area contributed by atoms with Crippen LogP contribution in [0.25, 0.3) is 0 Å². The van der Waals surface area contributed by atoms with Crippen molar-refractivity contribution in [2.45, 2.75) is 58.5 Å². The Morgan fingerprint density at radius 3 is 1.42 bits per heavy atom. The van der Waals surface area contributed by atoms with E-state index < -0.39 is 0 Å². The van der Waals surface area contributed by atoms with Crippen LogP contribution >= 0.6 is 26.2 Å². The molecule has 0 nitrogen and oxygen atoms in total. The first-order valence-electron chi connectivity index (χ1n) is 4.93. The zero-order valence-electron chi connectivity index (χ0n) is 8.89. The predicted octanol–water partition coefficient (Wildman–Crippen LogP) is 4.43. The van der Waals surface area contributed by atoms with Gasteiger partial charge in [0.15, 0.2) is 0 Å². The summed E-state index contributed by atoms with van der Waals surface area (Å²) in [4.78, 5) is 0. The summed E-state index contributed by atoms with van der Waals surface area (Å²) in [5, 5.41) is 0.517. The number of halogens is 1. The van der Waals surface area contributed by atoms with Crippen molar-refractivity contribution < 1.29 is 0 Å². The van der Waals surface area contributed by atoms with Gasteiger partial charge in [0.2, 0.25) is 0 Å². The fourth-order valence-corrected chi connectivity index (χ4v) is 2.40. The Bertz CT molecular complexity index is 96.0. The highest BCUT2D eigenvalue weighted by molar-refractivity contribution is 8.93. The first-order chi connectivity index (χ1) is 5.14. The van der Waals surface area contributed by atoms with Crippen LogP contribution in [0.1, 0.15) is 53.4 Å². The molecule has 2 heteroatoms. The number of hydrogen-bond donors (Lipinski definition) is 0. The highest BCUT2D eigenvalue weighted by Crippen LogP contribution is 2.38. The maximum Gasteiger partial charge on any atom is -0.0127 e. The predicted molar refractivity (Wildman–Crippen MR) is 67.4 cm³/mol. The summed E-state index contributed by atoms with van der Waals surface area (Å²) < 4.78 is 0. The van der Waals surface area contributed by atoms with Crippen molar-refractivity contribution in [2.24, 2.45) is 5.92 Å². The molecule has 0 rings (SSSR count). The van der Waals surface area contributed by atoms with Crippen molar-refractivity contribution in [1.82, 2.24) is 0 Å². The third-order valence-corrected chi connectivity index (χ3v) is 4.40. The molecule has 1 unspecified atom stereocenters. The van der Waals surface area contributed by atoms with Crippen LogP contribution in [0.15, 0.2) is 0 Å². The molecule has 0 heterocycles. The maximum absolute atomic E-state index is 3.07. The van der Waals surface area contributed by atoms with Crippen LogP contribution < -0.4 is 0 Å². The fourth-order valence-electron chi connectivity index (χ4n) is 1.93. The molecule has 0 bridgehead atoms. The zero-order valence-corrected chi connectivity index (χ0v) is 11.8. The minimum Gasteiger partial charge on any atom is -0.131 e. The highest BCUT2D eigenvalue weighted by Gasteiger charge is 2.27. The van der Waals surface area contributed by atoms with Crippen molar-refractivity contribution in [3.05, 3.63) is 0 Å². The lowest BCUT2D eigenvalue weighted by Gasteiger charge is -2.35. The molecule has 1 atom stereocenters. The number of rotatable bonds is 5. The van der Waals surface area contributed by atoms with E-state index in [9.17, 15) is 0 Å². The Hall–Kier alpha value is 0.910. The molecule has 0 aromatic carbocycles. The molecule has 12 heavy (non-hydrogen) atoms. The van der Waals surface area contributed by atoms with E-state index in [1.807, 2.05) is 0 Å². The van der Waals surface area contributed by atoms with Gasteiger partial charge in [0.05, 0.1) is 0 Å². The van der Waals surface area contributed by atoms with Gasteiger partial charge in [-0.15, -0.1) is 26.2 Å². The van der Waals surface area contributed by atoms with Gasteiger partial charge in [-0.3, -0.25) is 0 Å². The van der Waals surface area contributed by atoms with Crippen LogP contribution in [0.3, 0.4) is 0 Å². The highest BCUT2D eigenvalue weighted by atomic mass is 79.9. The molecular formula is C10H24BrP. The van der Waals surface area contributed by atoms with Crippen LogP contribution in [0, 0.1) is 5.92 Å². The third kappa shape index (κ3) is 3.75. The average Bonchev–Trinajstić information content (AvgIpc) is 2.06. The minimum absolute atomic E-state index is 0. The Balaban J connectivity index is 0. The summed E-state index contributed by atoms with van der Waals surface area (Å²) in [6.07, 6.45) is 5.23. The van der Waals surface area contributed by atoms with E-state index in [2.05, 4.69) is 36.9 Å². The second-order valence-corrected chi connectivity index (χ2v) is 4.60. The quantitative estimate of drug-likeness (QED) is 0.637. The lowest BCUT2D eigenvalue weighted by molar-refractivity contribution is 0.334. The minimum atomic E-state index is 0. The summed E-state index contributed by atoms with van der Waals surface area (Å²) in [7, 11) is 3.07. The first kappa shape index (κ1) is 15.4. The van der Waals surface area contributed by atoms with Gasteiger partial charge in [-0.25, -0.2) is 0 Å². The summed E-state index contributed by atoms with van der Waals surface area (Å²) in [6, 6.07) is 0. The van der Waals surface area contributed by atoms with E-state index in [1.54, 1.807) is 0 Å². The van der Waals surface area contributed by atoms with Crippen molar-refractivity contribution in [3.63, 3.8) is 0 Å². The van der Waals surface area contributed by atoms with E-state index in [0.717, 1.165) is 5.92 Å². The summed E-state index contributed by atoms with van der Waals surface area (Å²) in [5.41, 5.74) is 0. The van der Waals surface area contributed by atoms with Crippen molar-refractivity contribution >= 4 is 26.2 Å². The van der Waals surface area contributed by atoms with Gasteiger partial charge in [0.1, 0.15) is 0 Å². The maximum atomic E-state index is 3.07. The Kier molecular flexibility index (Phi) is 9.39. The Morgan fingerprint density at radius 1 is 1.00 bits per heavy atom. The lowest BCUT2D eigenvalue weighted by Crippen LogP contribution is -2.28. The molecule has 0 aliphatic carbocycles. The van der Waals surface area contributed by atoms with Crippen molar-refractivity contribution in [3.8, 4) is 0 Å². The molecule has 0 fully saturated rings. The molecule has 0 saturated carbocycles. The summed E-state index contributed by atoms with van der Waals surface area (Å²) >= 11 is 0. The first-order valence-corrected chi connectivity index (χ1v) is 5.51. The smallest absolute Gasteiger partial charge is 0.0127 e. The molecule has 76 valence electrons. The van der Waals surface area contributed by atoms with Gasteiger partial charge in [-0.2, -0.15) is 0 Å². The van der Waals surface area contributed by atoms with Crippen molar-refractivity contribution in [1.29, 1.82) is 0 Å². The van der Waals surface area contributed by atoms with Crippen LogP contribution in [0.4, 0.5) is 0 Å². The SMILES string of the molecule is Br.CCC(CC)C(P)(CC)CC. The van der Waals surface area contributed by atoms with Gasteiger partial charge in [-0.1, -0.05) is 40.5 Å². The van der Waals surface area contributed by atoms with E-state index in [1.165, 1.54) is 25.7 Å². The molecule has 0 amide bonds. The fraction of sp³-hybridized carbons (Fsp3) is 1.00. The molecule has 0 aliphatic rings. The molecule has 0 aromatic rings. The molecule has 0 N–H and O–H groups in total. The van der Waals surface area contributed by atoms with Crippen LogP contribution in [0.5, 0.6) is 0 Å². The van der Waals surface area contributed by atoms with Crippen molar-refractivity contribution in [2.75, 3.05) is 0 Å². The van der Waals surface area contributed by atoms with Gasteiger partial charge >= 0.3 is 0 Å². The topological polar surface area (TPSA) is 0 Å². The standard InChI is InChI=1S/C10H23P.BrH/c1-5-9(6-2)10(11,7-3)8-4;/h9H,5-8,11H2,1-4H3;1H. The Labute approximate surface area is 90.9 Å². The summed E-state index contributed by atoms with van der Waals surface area (Å²) in [5.74, 6) is 0.891. The molecule has 0 radical (unpaired) electrons. The summed E-state index contributed by atoms with van der Waals surface area (Å²) in [6.45, 7) is 9.21. The van der Waals surface area contributed by atoms with Crippen LogP contribution in [0.2, 0.25) is 0 Å². The average molecular weight is 255 g/mol. The second kappa shape index (κ2) is 7.33. The van der Waals surface area contributed by atoms with E-state index in [4.69, 9.17) is 0 Å². The van der Waals surface area contributed by atoms with E-state index in [0.29, 0.717) is 5.16 Å². The van der Waals surface area contributed by atoms with Crippen LogP contribution in [-0.2, 0) is 0 Å². The van der Waals surface area contributed by atoms with Gasteiger partial charge < -0.3 is 0 Å². The lowest BCUT2D eigenvalue weighted by atomic mass is 9.83.